The van der Waals surface area contributed by atoms with Crippen LogP contribution in [0.5, 0.6) is 0 Å². The molecule has 2 heterocycles. The first-order valence-corrected chi connectivity index (χ1v) is 6.83. The van der Waals surface area contributed by atoms with Crippen LogP contribution in [0.1, 0.15) is 25.8 Å². The molecule has 2 rings (SSSR count). The maximum absolute atomic E-state index is 9.53. The van der Waals surface area contributed by atoms with Crippen molar-refractivity contribution < 1.29 is 5.11 Å². The molecule has 4 nitrogen and oxygen atoms in total. The monoisotopic (exact) mass is 261 g/mol. The zero-order valence-corrected chi connectivity index (χ0v) is 12.0. The molecular weight excluding hydrogens is 238 g/mol. The number of likely N-dealkylation sites (N-methyl/N-ethyl adjacent to an activating group) is 1. The van der Waals surface area contributed by atoms with E-state index in [-0.39, 0.29) is 12.6 Å². The van der Waals surface area contributed by atoms with Crippen molar-refractivity contribution in [1.82, 2.24) is 14.3 Å². The molecule has 0 radical (unpaired) electrons. The van der Waals surface area contributed by atoms with E-state index in [1.807, 2.05) is 29.1 Å². The van der Waals surface area contributed by atoms with Crippen LogP contribution in [0, 0.1) is 5.92 Å². The van der Waals surface area contributed by atoms with E-state index in [0.29, 0.717) is 5.92 Å². The highest BCUT2D eigenvalue weighted by molar-refractivity contribution is 5.47. The van der Waals surface area contributed by atoms with Crippen molar-refractivity contribution in [3.8, 4) is 0 Å². The third-order valence-corrected chi connectivity index (χ3v) is 3.50. The van der Waals surface area contributed by atoms with Gasteiger partial charge in [0.2, 0.25) is 0 Å². The fraction of sp³-hybridized carbons (Fsp3) is 0.533. The number of hydrogen-bond donors (Lipinski definition) is 1. The first kappa shape index (κ1) is 14.0. The van der Waals surface area contributed by atoms with Crippen LogP contribution in [0.15, 0.2) is 30.7 Å². The predicted molar refractivity (Wildman–Crippen MR) is 77.0 cm³/mol. The van der Waals surface area contributed by atoms with Gasteiger partial charge >= 0.3 is 0 Å². The second-order valence-electron chi connectivity index (χ2n) is 5.57. The van der Waals surface area contributed by atoms with Crippen LogP contribution in [-0.2, 0) is 6.54 Å². The molecule has 0 aliphatic heterocycles. The Kier molecular flexibility index (Phi) is 4.56. The quantitative estimate of drug-likeness (QED) is 0.866. The minimum atomic E-state index is 0.201. The number of aliphatic hydroxyl groups is 1. The van der Waals surface area contributed by atoms with Gasteiger partial charge in [-0.15, -0.1) is 0 Å². The van der Waals surface area contributed by atoms with Crippen LogP contribution in [0.4, 0.5) is 0 Å². The van der Waals surface area contributed by atoms with Crippen LogP contribution < -0.4 is 0 Å². The van der Waals surface area contributed by atoms with E-state index in [4.69, 9.17) is 0 Å². The highest BCUT2D eigenvalue weighted by Crippen LogP contribution is 2.15. The normalized spacial score (nSPS) is 13.6. The molecule has 2 aromatic heterocycles. The Morgan fingerprint density at radius 3 is 2.84 bits per heavy atom. The molecule has 0 aliphatic rings. The third kappa shape index (κ3) is 3.33. The molecular formula is C15H23N3O. The van der Waals surface area contributed by atoms with Crippen LogP contribution >= 0.6 is 0 Å². The summed E-state index contributed by atoms with van der Waals surface area (Å²) in [6, 6.07) is 4.34. The number of pyridine rings is 1. The predicted octanol–water partition coefficient (Wildman–Crippen LogP) is 2.17. The molecule has 0 aromatic carbocycles. The van der Waals surface area contributed by atoms with E-state index in [2.05, 4.69) is 36.8 Å². The molecule has 0 spiro atoms. The summed E-state index contributed by atoms with van der Waals surface area (Å²) in [4.78, 5) is 6.60. The number of aliphatic hydroxyl groups excluding tert-OH is 1. The molecule has 0 bridgehead atoms. The van der Waals surface area contributed by atoms with Crippen molar-refractivity contribution in [3.05, 3.63) is 36.3 Å². The molecule has 1 unspecified atom stereocenters. The van der Waals surface area contributed by atoms with Crippen LogP contribution in [0.3, 0.4) is 0 Å². The van der Waals surface area contributed by atoms with Crippen LogP contribution in [-0.4, -0.2) is 39.1 Å². The summed E-state index contributed by atoms with van der Waals surface area (Å²) in [5.41, 5.74) is 2.19. The summed E-state index contributed by atoms with van der Waals surface area (Å²) >= 11 is 0. The van der Waals surface area contributed by atoms with E-state index in [1.165, 1.54) is 5.56 Å². The van der Waals surface area contributed by atoms with Gasteiger partial charge in [0, 0.05) is 36.7 Å². The van der Waals surface area contributed by atoms with E-state index < -0.39 is 0 Å². The van der Waals surface area contributed by atoms with Gasteiger partial charge in [0.25, 0.3) is 0 Å². The Labute approximate surface area is 114 Å². The van der Waals surface area contributed by atoms with E-state index in [9.17, 15) is 5.11 Å². The Morgan fingerprint density at radius 1 is 1.37 bits per heavy atom. The standard InChI is InChI=1S/C15H23N3O/c1-12(2)9-14(11-19)17(3)10-13-5-4-7-18-8-6-16-15(13)18/h4-8,12,14,19H,9-11H2,1-3H3. The zero-order valence-electron chi connectivity index (χ0n) is 12.0. The molecule has 4 heteroatoms. The van der Waals surface area contributed by atoms with Crippen LogP contribution in [0.25, 0.3) is 5.65 Å². The smallest absolute Gasteiger partial charge is 0.141 e. The Bertz CT molecular complexity index is 521. The van der Waals surface area contributed by atoms with Gasteiger partial charge in [-0.1, -0.05) is 19.9 Å². The lowest BCUT2D eigenvalue weighted by Gasteiger charge is -2.28. The fourth-order valence-electron chi connectivity index (χ4n) is 2.47. The van der Waals surface area contributed by atoms with Gasteiger partial charge in [-0.05, 0) is 25.5 Å². The van der Waals surface area contributed by atoms with Crippen molar-refractivity contribution in [1.29, 1.82) is 0 Å². The summed E-state index contributed by atoms with van der Waals surface area (Å²) in [6.45, 7) is 5.38. The van der Waals surface area contributed by atoms with Crippen molar-refractivity contribution in [2.24, 2.45) is 5.92 Å². The third-order valence-electron chi connectivity index (χ3n) is 3.50. The van der Waals surface area contributed by atoms with Gasteiger partial charge in [-0.3, -0.25) is 4.90 Å². The largest absolute Gasteiger partial charge is 0.395 e. The van der Waals surface area contributed by atoms with Crippen molar-refractivity contribution in [2.75, 3.05) is 13.7 Å². The molecule has 0 fully saturated rings. The molecule has 0 saturated carbocycles. The number of fused-ring (bicyclic) bond motifs is 1. The lowest BCUT2D eigenvalue weighted by molar-refractivity contribution is 0.124. The molecule has 0 saturated heterocycles. The fourth-order valence-corrected chi connectivity index (χ4v) is 2.47. The lowest BCUT2D eigenvalue weighted by Crippen LogP contribution is -2.35. The lowest BCUT2D eigenvalue weighted by atomic mass is 10.0. The van der Waals surface area contributed by atoms with Gasteiger partial charge in [0.05, 0.1) is 6.61 Å². The Balaban J connectivity index is 2.13. The summed E-state index contributed by atoms with van der Waals surface area (Å²) in [5, 5.41) is 9.53. The number of imidazole rings is 1. The summed E-state index contributed by atoms with van der Waals surface area (Å²) < 4.78 is 2.03. The molecule has 1 N–H and O–H groups in total. The average molecular weight is 261 g/mol. The van der Waals surface area contributed by atoms with Gasteiger partial charge in [0.1, 0.15) is 5.65 Å². The molecule has 0 aliphatic carbocycles. The molecule has 2 aromatic rings. The van der Waals surface area contributed by atoms with Crippen molar-refractivity contribution in [2.45, 2.75) is 32.9 Å². The maximum atomic E-state index is 9.53. The minimum absolute atomic E-state index is 0.201. The SMILES string of the molecule is CC(C)CC(CO)N(C)Cc1cccn2ccnc12. The minimum Gasteiger partial charge on any atom is -0.395 e. The van der Waals surface area contributed by atoms with Crippen LogP contribution in [0.2, 0.25) is 0 Å². The maximum Gasteiger partial charge on any atom is 0.141 e. The zero-order chi connectivity index (χ0) is 13.8. The summed E-state index contributed by atoms with van der Waals surface area (Å²) in [5.74, 6) is 0.585. The Morgan fingerprint density at radius 2 is 2.16 bits per heavy atom. The molecule has 0 amide bonds. The van der Waals surface area contributed by atoms with E-state index >= 15 is 0 Å². The van der Waals surface area contributed by atoms with Gasteiger partial charge in [-0.2, -0.15) is 0 Å². The Hall–Kier alpha value is -1.39. The summed E-state index contributed by atoms with van der Waals surface area (Å²) in [7, 11) is 2.07. The molecule has 1 atom stereocenters. The average Bonchev–Trinajstić information content (AvgIpc) is 2.84. The van der Waals surface area contributed by atoms with Gasteiger partial charge in [-0.25, -0.2) is 4.98 Å². The van der Waals surface area contributed by atoms with Gasteiger partial charge < -0.3 is 9.51 Å². The first-order chi connectivity index (χ1) is 9.11. The molecule has 19 heavy (non-hydrogen) atoms. The van der Waals surface area contributed by atoms with E-state index in [0.717, 1.165) is 18.6 Å². The molecule has 104 valence electrons. The number of rotatable bonds is 6. The summed E-state index contributed by atoms with van der Waals surface area (Å²) in [6.07, 6.45) is 6.78. The second kappa shape index (κ2) is 6.17. The second-order valence-corrected chi connectivity index (χ2v) is 5.57. The van der Waals surface area contributed by atoms with Crippen molar-refractivity contribution >= 4 is 5.65 Å². The highest BCUT2D eigenvalue weighted by Gasteiger charge is 2.16. The number of nitrogens with zero attached hydrogens (tertiary/aromatic N) is 3. The van der Waals surface area contributed by atoms with Gasteiger partial charge in [0.15, 0.2) is 0 Å². The van der Waals surface area contributed by atoms with E-state index in [1.54, 1.807) is 0 Å². The topological polar surface area (TPSA) is 40.8 Å². The first-order valence-electron chi connectivity index (χ1n) is 6.83. The van der Waals surface area contributed by atoms with Crippen molar-refractivity contribution in [3.63, 3.8) is 0 Å². The number of hydrogen-bond acceptors (Lipinski definition) is 3. The number of aromatic nitrogens is 2. The highest BCUT2D eigenvalue weighted by atomic mass is 16.3.